The molecule has 5 N–H and O–H groups in total. The molecule has 2 rings (SSSR count). The van der Waals surface area contributed by atoms with Crippen molar-refractivity contribution in [1.29, 1.82) is 0 Å². The van der Waals surface area contributed by atoms with Crippen LogP contribution in [0.3, 0.4) is 0 Å². The van der Waals surface area contributed by atoms with E-state index in [2.05, 4.69) is 26.1 Å². The second-order valence-electron chi connectivity index (χ2n) is 5.00. The predicted octanol–water partition coefficient (Wildman–Crippen LogP) is -0.606. The van der Waals surface area contributed by atoms with Gasteiger partial charge in [-0.2, -0.15) is 0 Å². The zero-order valence-corrected chi connectivity index (χ0v) is 12.1. The van der Waals surface area contributed by atoms with Crippen molar-refractivity contribution in [2.24, 2.45) is 0 Å². The molecule has 0 aromatic carbocycles. The van der Waals surface area contributed by atoms with Crippen LogP contribution in [-0.2, 0) is 9.59 Å². The van der Waals surface area contributed by atoms with Gasteiger partial charge in [-0.3, -0.25) is 9.59 Å². The van der Waals surface area contributed by atoms with Gasteiger partial charge in [-0.15, -0.1) is 10.2 Å². The molecule has 2 atom stereocenters. The molecule has 2 heterocycles. The van der Waals surface area contributed by atoms with Crippen LogP contribution in [0.5, 0.6) is 0 Å². The monoisotopic (exact) mass is 327 g/mol. The molecule has 23 heavy (non-hydrogen) atoms. The number of rotatable bonds is 7. The smallest absolute Gasteiger partial charge is 0.323 e. The zero-order chi connectivity index (χ0) is 16.8. The van der Waals surface area contributed by atoms with E-state index in [1.165, 1.54) is 0 Å². The zero-order valence-electron chi connectivity index (χ0n) is 12.1. The first kappa shape index (κ1) is 16.7. The van der Waals surface area contributed by atoms with Gasteiger partial charge in [-0.25, -0.2) is 4.79 Å². The number of amides is 2. The number of hydrogen-bond donors (Lipinski definition) is 5. The number of carboxylic acids is 2. The van der Waals surface area contributed by atoms with Gasteiger partial charge >= 0.3 is 18.0 Å². The molecule has 0 unspecified atom stereocenters. The minimum atomic E-state index is -1.22. The summed E-state index contributed by atoms with van der Waals surface area (Å²) >= 11 is 0. The minimum absolute atomic E-state index is 0.0402. The van der Waals surface area contributed by atoms with Crippen molar-refractivity contribution in [3.05, 3.63) is 11.8 Å². The van der Waals surface area contributed by atoms with Gasteiger partial charge in [0.2, 0.25) is 11.8 Å². The molecule has 1 aliphatic rings. The second kappa shape index (κ2) is 7.54. The lowest BCUT2D eigenvalue weighted by atomic mass is 10.2. The number of urea groups is 1. The highest BCUT2D eigenvalue weighted by Gasteiger charge is 2.27. The average molecular weight is 327 g/mol. The summed E-state index contributed by atoms with van der Waals surface area (Å²) in [6.07, 6.45) is 1.33. The van der Waals surface area contributed by atoms with E-state index in [4.69, 9.17) is 14.6 Å². The van der Waals surface area contributed by atoms with Crippen molar-refractivity contribution in [2.75, 3.05) is 13.1 Å². The van der Waals surface area contributed by atoms with Crippen LogP contribution in [0, 0.1) is 0 Å². The Morgan fingerprint density at radius 1 is 1.30 bits per heavy atom. The average Bonchev–Trinajstić information content (AvgIpc) is 3.14. The van der Waals surface area contributed by atoms with Crippen molar-refractivity contribution in [3.8, 4) is 0 Å². The van der Waals surface area contributed by atoms with Gasteiger partial charge in [-0.1, -0.05) is 0 Å². The van der Waals surface area contributed by atoms with Crippen molar-refractivity contribution in [2.45, 2.75) is 31.3 Å². The molecule has 126 valence electrons. The number of nitrogens with one attached hydrogen (secondary N) is 3. The Balaban J connectivity index is 2.03. The summed E-state index contributed by atoms with van der Waals surface area (Å²) in [6, 6.07) is -1.97. The summed E-state index contributed by atoms with van der Waals surface area (Å²) < 4.78 is 5.45. The molecule has 0 aliphatic carbocycles. The number of carboxylic acid groups (broad SMARTS) is 2. The number of nitrogens with zero attached hydrogens (tertiary/aromatic N) is 2. The van der Waals surface area contributed by atoms with E-state index < -0.39 is 37.0 Å². The van der Waals surface area contributed by atoms with Gasteiger partial charge in [-0.05, 0) is 19.4 Å². The third-order valence-corrected chi connectivity index (χ3v) is 3.20. The molecule has 0 spiro atoms. The van der Waals surface area contributed by atoms with Crippen LogP contribution >= 0.6 is 0 Å². The molecule has 1 aliphatic heterocycles. The van der Waals surface area contributed by atoms with Crippen LogP contribution < -0.4 is 16.0 Å². The van der Waals surface area contributed by atoms with Gasteiger partial charge in [0.1, 0.15) is 12.6 Å². The summed E-state index contributed by atoms with van der Waals surface area (Å²) in [4.78, 5) is 32.9. The van der Waals surface area contributed by atoms with Crippen LogP contribution in [0.15, 0.2) is 4.42 Å². The Kier molecular flexibility index (Phi) is 5.46. The lowest BCUT2D eigenvalue weighted by Gasteiger charge is -2.13. The molecule has 0 radical (unpaired) electrons. The first-order valence-electron chi connectivity index (χ1n) is 7.00. The van der Waals surface area contributed by atoms with Crippen LogP contribution in [0.25, 0.3) is 0 Å². The molecular weight excluding hydrogens is 310 g/mol. The maximum Gasteiger partial charge on any atom is 0.323 e. The van der Waals surface area contributed by atoms with Crippen molar-refractivity contribution in [3.63, 3.8) is 0 Å². The van der Waals surface area contributed by atoms with Crippen LogP contribution in [-0.4, -0.2) is 51.5 Å². The molecule has 1 fully saturated rings. The van der Waals surface area contributed by atoms with E-state index in [0.29, 0.717) is 5.89 Å². The maximum absolute atomic E-state index is 11.6. The molecular formula is C12H17N5O6. The fourth-order valence-corrected chi connectivity index (χ4v) is 2.16. The quantitative estimate of drug-likeness (QED) is 0.439. The predicted molar refractivity (Wildman–Crippen MR) is 73.4 cm³/mol. The molecule has 11 heteroatoms. The van der Waals surface area contributed by atoms with Crippen molar-refractivity contribution < 1.29 is 29.0 Å². The lowest BCUT2D eigenvalue weighted by molar-refractivity contribution is -0.138. The van der Waals surface area contributed by atoms with E-state index in [1.54, 1.807) is 0 Å². The first-order chi connectivity index (χ1) is 11.0. The Hall–Kier alpha value is -2.69. The van der Waals surface area contributed by atoms with Crippen LogP contribution in [0.2, 0.25) is 0 Å². The number of carbonyl (C=O) groups excluding carboxylic acids is 1. The summed E-state index contributed by atoms with van der Waals surface area (Å²) in [5.41, 5.74) is 0. The summed E-state index contributed by atoms with van der Waals surface area (Å²) in [6.45, 7) is 0.240. The lowest BCUT2D eigenvalue weighted by Crippen LogP contribution is -2.41. The van der Waals surface area contributed by atoms with E-state index in [1.807, 2.05) is 0 Å². The van der Waals surface area contributed by atoms with Gasteiger partial charge in [0, 0.05) is 0 Å². The van der Waals surface area contributed by atoms with Crippen LogP contribution in [0.1, 0.15) is 43.1 Å². The summed E-state index contributed by atoms with van der Waals surface area (Å²) in [7, 11) is 0. The third kappa shape index (κ3) is 4.92. The van der Waals surface area contributed by atoms with Crippen molar-refractivity contribution in [1.82, 2.24) is 26.1 Å². The molecule has 11 nitrogen and oxygen atoms in total. The highest BCUT2D eigenvalue weighted by atomic mass is 16.4. The van der Waals surface area contributed by atoms with E-state index >= 15 is 0 Å². The molecule has 1 aromatic heterocycles. The van der Waals surface area contributed by atoms with Crippen LogP contribution in [0.4, 0.5) is 4.79 Å². The first-order valence-corrected chi connectivity index (χ1v) is 7.00. The van der Waals surface area contributed by atoms with Gasteiger partial charge in [0.05, 0.1) is 12.5 Å². The normalized spacial score (nSPS) is 18.3. The van der Waals surface area contributed by atoms with E-state index in [-0.39, 0.29) is 11.9 Å². The number of aromatic nitrogens is 2. The largest absolute Gasteiger partial charge is 0.481 e. The fraction of sp³-hybridized carbons (Fsp3) is 0.583. The fourth-order valence-electron chi connectivity index (χ4n) is 2.16. The van der Waals surface area contributed by atoms with Gasteiger partial charge < -0.3 is 30.6 Å². The Morgan fingerprint density at radius 2 is 2.09 bits per heavy atom. The summed E-state index contributed by atoms with van der Waals surface area (Å²) in [5, 5.41) is 32.6. The highest BCUT2D eigenvalue weighted by Crippen LogP contribution is 2.24. The van der Waals surface area contributed by atoms with Gasteiger partial charge in [0.25, 0.3) is 0 Å². The minimum Gasteiger partial charge on any atom is -0.481 e. The Morgan fingerprint density at radius 3 is 2.70 bits per heavy atom. The number of hydrogen-bond acceptors (Lipinski definition) is 7. The topological polar surface area (TPSA) is 167 Å². The molecule has 2 amide bonds. The maximum atomic E-state index is 11.6. The SMILES string of the molecule is O=C(O)CNC(=O)N[C@@H](CC(=O)O)c1nnc([C@@H]2CCCN2)o1. The van der Waals surface area contributed by atoms with E-state index in [9.17, 15) is 14.4 Å². The summed E-state index contributed by atoms with van der Waals surface area (Å²) in [5.74, 6) is -2.10. The molecule has 1 saturated heterocycles. The molecule has 0 bridgehead atoms. The van der Waals surface area contributed by atoms with E-state index in [0.717, 1.165) is 19.4 Å². The molecule has 1 aromatic rings. The second-order valence-corrected chi connectivity index (χ2v) is 5.00. The number of carbonyl (C=O) groups is 3. The van der Waals surface area contributed by atoms with Crippen molar-refractivity contribution >= 4 is 18.0 Å². The Labute approximate surface area is 130 Å². The molecule has 0 saturated carbocycles. The Bertz CT molecular complexity index is 582. The number of aliphatic carboxylic acids is 2. The third-order valence-electron chi connectivity index (χ3n) is 3.20. The standard InChI is InChI=1S/C12H17N5O6/c18-8(19)4-7(15-12(22)14-5-9(20)21)11-17-16-10(23-11)6-2-1-3-13-6/h6-7,13H,1-5H2,(H,18,19)(H,20,21)(H2,14,15,22)/t6-,7-/m0/s1. The van der Waals surface area contributed by atoms with Gasteiger partial charge in [0.15, 0.2) is 0 Å². The highest BCUT2D eigenvalue weighted by molar-refractivity contribution is 5.80.